The molecule has 1 aromatic carbocycles. The summed E-state index contributed by atoms with van der Waals surface area (Å²) in [5.41, 5.74) is 3.16. The highest BCUT2D eigenvalue weighted by Crippen LogP contribution is 2.13. The van der Waals surface area contributed by atoms with Crippen molar-refractivity contribution in [2.45, 2.75) is 13.5 Å². The average Bonchev–Trinajstić information content (AvgIpc) is 2.98. The maximum atomic E-state index is 11.4. The molecule has 0 aliphatic rings. The standard InChI is InChI=1S/C20H18N2O3/c1-2-25-20(23)15-24-14-17-18(12-11-16-8-4-3-5-9-16)22-13-7-6-10-19(22)21-17/h3-10,13H,2,14-15H2,1H3. The zero-order chi connectivity index (χ0) is 17.5. The largest absolute Gasteiger partial charge is 0.464 e. The monoisotopic (exact) mass is 334 g/mol. The van der Waals surface area contributed by atoms with Crippen molar-refractivity contribution >= 4 is 11.6 Å². The number of imidazole rings is 1. The first-order valence-electron chi connectivity index (χ1n) is 8.04. The molecule has 0 spiro atoms. The Hall–Kier alpha value is -3.10. The second-order valence-electron chi connectivity index (χ2n) is 5.25. The van der Waals surface area contributed by atoms with Crippen molar-refractivity contribution in [2.75, 3.05) is 13.2 Å². The summed E-state index contributed by atoms with van der Waals surface area (Å²) in [5, 5.41) is 0. The molecule has 0 atom stereocenters. The molecule has 5 nitrogen and oxygen atoms in total. The van der Waals surface area contributed by atoms with Gasteiger partial charge in [-0.25, -0.2) is 9.78 Å². The van der Waals surface area contributed by atoms with Gasteiger partial charge in [-0.1, -0.05) is 30.2 Å². The fourth-order valence-corrected chi connectivity index (χ4v) is 2.36. The Kier molecular flexibility index (Phi) is 5.45. The number of ether oxygens (including phenoxy) is 2. The molecule has 0 fully saturated rings. The van der Waals surface area contributed by atoms with Crippen molar-refractivity contribution in [1.29, 1.82) is 0 Å². The summed E-state index contributed by atoms with van der Waals surface area (Å²) in [4.78, 5) is 16.0. The minimum Gasteiger partial charge on any atom is -0.464 e. The van der Waals surface area contributed by atoms with Gasteiger partial charge in [0.25, 0.3) is 0 Å². The third-order valence-corrected chi connectivity index (χ3v) is 3.47. The maximum Gasteiger partial charge on any atom is 0.332 e. The second kappa shape index (κ2) is 8.13. The van der Waals surface area contributed by atoms with E-state index in [1.165, 1.54) is 0 Å². The van der Waals surface area contributed by atoms with Gasteiger partial charge in [0.1, 0.15) is 23.6 Å². The van der Waals surface area contributed by atoms with Crippen LogP contribution in [0.4, 0.5) is 0 Å². The number of nitrogens with zero attached hydrogens (tertiary/aromatic N) is 2. The number of rotatable bonds is 5. The van der Waals surface area contributed by atoms with Gasteiger partial charge < -0.3 is 9.47 Å². The van der Waals surface area contributed by atoms with E-state index in [4.69, 9.17) is 9.47 Å². The van der Waals surface area contributed by atoms with Crippen LogP contribution in [0.3, 0.4) is 0 Å². The van der Waals surface area contributed by atoms with Gasteiger partial charge in [-0.15, -0.1) is 0 Å². The first-order chi connectivity index (χ1) is 12.3. The number of carbonyl (C=O) groups excluding carboxylic acids is 1. The molecule has 25 heavy (non-hydrogen) atoms. The van der Waals surface area contributed by atoms with E-state index in [-0.39, 0.29) is 19.2 Å². The third-order valence-electron chi connectivity index (χ3n) is 3.47. The molecule has 126 valence electrons. The van der Waals surface area contributed by atoms with Crippen LogP contribution in [0.2, 0.25) is 0 Å². The first kappa shape index (κ1) is 16.7. The summed E-state index contributed by atoms with van der Waals surface area (Å²) in [6.45, 7) is 2.19. The summed E-state index contributed by atoms with van der Waals surface area (Å²) < 4.78 is 12.2. The zero-order valence-electron chi connectivity index (χ0n) is 13.9. The molecule has 0 aliphatic carbocycles. The number of benzene rings is 1. The summed E-state index contributed by atoms with van der Waals surface area (Å²) in [6, 6.07) is 15.5. The number of aromatic nitrogens is 2. The molecule has 0 radical (unpaired) electrons. The Bertz CT molecular complexity index is 920. The molecular weight excluding hydrogens is 316 g/mol. The molecule has 0 saturated heterocycles. The lowest BCUT2D eigenvalue weighted by atomic mass is 10.2. The molecule has 0 N–H and O–H groups in total. The lowest BCUT2D eigenvalue weighted by Crippen LogP contribution is -2.12. The van der Waals surface area contributed by atoms with Gasteiger partial charge >= 0.3 is 5.97 Å². The number of carbonyl (C=O) groups is 1. The molecule has 5 heteroatoms. The van der Waals surface area contributed by atoms with Gasteiger partial charge in [0.05, 0.1) is 13.2 Å². The van der Waals surface area contributed by atoms with Gasteiger partial charge in [-0.05, 0) is 37.1 Å². The van der Waals surface area contributed by atoms with E-state index in [1.54, 1.807) is 6.92 Å². The van der Waals surface area contributed by atoms with E-state index in [1.807, 2.05) is 59.1 Å². The molecule has 3 rings (SSSR count). The SMILES string of the molecule is CCOC(=O)COCc1nc2ccccn2c1C#Cc1ccccc1. The zero-order valence-corrected chi connectivity index (χ0v) is 13.9. The lowest BCUT2D eigenvalue weighted by Gasteiger charge is -2.02. The van der Waals surface area contributed by atoms with E-state index in [9.17, 15) is 4.79 Å². The minimum atomic E-state index is -0.386. The Morgan fingerprint density at radius 2 is 1.92 bits per heavy atom. The number of hydrogen-bond donors (Lipinski definition) is 0. The topological polar surface area (TPSA) is 52.8 Å². The highest BCUT2D eigenvalue weighted by atomic mass is 16.6. The molecule has 2 heterocycles. The van der Waals surface area contributed by atoms with Gasteiger partial charge in [0, 0.05) is 11.8 Å². The maximum absolute atomic E-state index is 11.4. The van der Waals surface area contributed by atoms with Crippen LogP contribution in [-0.2, 0) is 20.9 Å². The van der Waals surface area contributed by atoms with Crippen molar-refractivity contribution in [3.63, 3.8) is 0 Å². The van der Waals surface area contributed by atoms with E-state index < -0.39 is 0 Å². The fourth-order valence-electron chi connectivity index (χ4n) is 2.36. The number of pyridine rings is 1. The van der Waals surface area contributed by atoms with E-state index in [2.05, 4.69) is 16.8 Å². The Labute approximate surface area is 146 Å². The van der Waals surface area contributed by atoms with Gasteiger partial charge in [0.2, 0.25) is 0 Å². The third kappa shape index (κ3) is 4.25. The molecule has 0 aliphatic heterocycles. The van der Waals surface area contributed by atoms with E-state index in [0.29, 0.717) is 12.3 Å². The van der Waals surface area contributed by atoms with Crippen molar-refractivity contribution < 1.29 is 14.3 Å². The van der Waals surface area contributed by atoms with Gasteiger partial charge in [0.15, 0.2) is 0 Å². The van der Waals surface area contributed by atoms with Crippen molar-refractivity contribution in [1.82, 2.24) is 9.38 Å². The number of fused-ring (bicyclic) bond motifs is 1. The van der Waals surface area contributed by atoms with E-state index in [0.717, 1.165) is 16.9 Å². The molecule has 0 unspecified atom stereocenters. The summed E-state index contributed by atoms with van der Waals surface area (Å²) in [6.07, 6.45) is 1.91. The molecule has 3 aromatic rings. The van der Waals surface area contributed by atoms with E-state index >= 15 is 0 Å². The van der Waals surface area contributed by atoms with Crippen molar-refractivity contribution in [3.05, 3.63) is 71.7 Å². The lowest BCUT2D eigenvalue weighted by molar-refractivity contribution is -0.148. The molecule has 0 saturated carbocycles. The Morgan fingerprint density at radius 3 is 2.72 bits per heavy atom. The van der Waals surface area contributed by atoms with Gasteiger partial charge in [-0.3, -0.25) is 4.40 Å². The van der Waals surface area contributed by atoms with Crippen LogP contribution in [0, 0.1) is 11.8 Å². The van der Waals surface area contributed by atoms with Crippen molar-refractivity contribution in [2.24, 2.45) is 0 Å². The summed E-state index contributed by atoms with van der Waals surface area (Å²) >= 11 is 0. The van der Waals surface area contributed by atoms with Crippen LogP contribution in [0.5, 0.6) is 0 Å². The second-order valence-corrected chi connectivity index (χ2v) is 5.25. The predicted molar refractivity (Wildman–Crippen MR) is 93.9 cm³/mol. The molecule has 0 amide bonds. The van der Waals surface area contributed by atoms with Crippen molar-refractivity contribution in [3.8, 4) is 11.8 Å². The quantitative estimate of drug-likeness (QED) is 0.532. The van der Waals surface area contributed by atoms with Crippen LogP contribution < -0.4 is 0 Å². The van der Waals surface area contributed by atoms with Crippen LogP contribution in [0.25, 0.3) is 5.65 Å². The molecule has 2 aromatic heterocycles. The smallest absolute Gasteiger partial charge is 0.332 e. The molecule has 0 bridgehead atoms. The summed E-state index contributed by atoms with van der Waals surface area (Å²) in [7, 11) is 0. The number of esters is 1. The highest BCUT2D eigenvalue weighted by Gasteiger charge is 2.11. The average molecular weight is 334 g/mol. The minimum absolute atomic E-state index is 0.104. The van der Waals surface area contributed by atoms with Crippen LogP contribution >= 0.6 is 0 Å². The van der Waals surface area contributed by atoms with Crippen LogP contribution in [0.1, 0.15) is 23.9 Å². The fraction of sp³-hybridized carbons (Fsp3) is 0.200. The first-order valence-corrected chi connectivity index (χ1v) is 8.04. The van der Waals surface area contributed by atoms with Crippen LogP contribution in [0.15, 0.2) is 54.7 Å². The molecular formula is C20H18N2O3. The normalized spacial score (nSPS) is 10.3. The highest BCUT2D eigenvalue weighted by molar-refractivity contribution is 5.70. The predicted octanol–water partition coefficient (Wildman–Crippen LogP) is 2.81. The number of hydrogen-bond acceptors (Lipinski definition) is 4. The summed E-state index contributed by atoms with van der Waals surface area (Å²) in [5.74, 6) is 5.93. The van der Waals surface area contributed by atoms with Crippen LogP contribution in [-0.4, -0.2) is 28.6 Å². The Morgan fingerprint density at radius 1 is 1.12 bits per heavy atom. The Balaban J connectivity index is 1.85. The van der Waals surface area contributed by atoms with Gasteiger partial charge in [-0.2, -0.15) is 0 Å².